The van der Waals surface area contributed by atoms with Crippen LogP contribution in [-0.2, 0) is 4.79 Å². The summed E-state index contributed by atoms with van der Waals surface area (Å²) >= 11 is 0. The number of carbonyl (C=O) groups excluding carboxylic acids is 1. The molecule has 1 aliphatic rings. The summed E-state index contributed by atoms with van der Waals surface area (Å²) in [6.07, 6.45) is 9.11. The summed E-state index contributed by atoms with van der Waals surface area (Å²) < 4.78 is 0. The standard InChI is InChI=1S/C16H31NO2/c1-4-6-7-13-8-10-14(11-9-13)15(19)17-16(3,5-2)12-18/h13-14,18H,4-12H2,1-3H3,(H,17,19). The first-order valence-corrected chi connectivity index (χ1v) is 7.97. The second-order valence-corrected chi connectivity index (χ2v) is 6.42. The second-order valence-electron chi connectivity index (χ2n) is 6.42. The molecule has 3 heteroatoms. The Morgan fingerprint density at radius 3 is 2.37 bits per heavy atom. The Labute approximate surface area is 118 Å². The van der Waals surface area contributed by atoms with Gasteiger partial charge in [0.1, 0.15) is 0 Å². The number of aliphatic hydroxyl groups excluding tert-OH is 1. The smallest absolute Gasteiger partial charge is 0.223 e. The fraction of sp³-hybridized carbons (Fsp3) is 0.938. The van der Waals surface area contributed by atoms with Crippen LogP contribution in [0.15, 0.2) is 0 Å². The maximum absolute atomic E-state index is 12.2. The topological polar surface area (TPSA) is 49.3 Å². The maximum Gasteiger partial charge on any atom is 0.223 e. The van der Waals surface area contributed by atoms with Gasteiger partial charge in [-0.3, -0.25) is 4.79 Å². The quantitative estimate of drug-likeness (QED) is 0.745. The Kier molecular flexibility index (Phi) is 6.84. The average Bonchev–Trinajstić information content (AvgIpc) is 2.45. The first-order chi connectivity index (χ1) is 9.04. The summed E-state index contributed by atoms with van der Waals surface area (Å²) in [6, 6.07) is 0. The van der Waals surface area contributed by atoms with Gasteiger partial charge < -0.3 is 10.4 Å². The number of hydrogen-bond acceptors (Lipinski definition) is 2. The van der Waals surface area contributed by atoms with Crippen molar-refractivity contribution >= 4 is 5.91 Å². The molecule has 1 unspecified atom stereocenters. The minimum atomic E-state index is -0.448. The molecule has 1 rings (SSSR count). The lowest BCUT2D eigenvalue weighted by atomic mass is 9.79. The third-order valence-electron chi connectivity index (χ3n) is 4.74. The fourth-order valence-corrected chi connectivity index (χ4v) is 2.85. The van der Waals surface area contributed by atoms with Crippen molar-refractivity contribution in [2.45, 2.75) is 77.7 Å². The van der Waals surface area contributed by atoms with Crippen molar-refractivity contribution in [1.29, 1.82) is 0 Å². The molecule has 2 N–H and O–H groups in total. The lowest BCUT2D eigenvalue weighted by molar-refractivity contribution is -0.128. The van der Waals surface area contributed by atoms with Crippen LogP contribution in [-0.4, -0.2) is 23.2 Å². The van der Waals surface area contributed by atoms with E-state index in [4.69, 9.17) is 0 Å². The van der Waals surface area contributed by atoms with Crippen molar-refractivity contribution in [2.75, 3.05) is 6.61 Å². The molecule has 0 radical (unpaired) electrons. The first-order valence-electron chi connectivity index (χ1n) is 7.97. The van der Waals surface area contributed by atoms with Gasteiger partial charge in [-0.25, -0.2) is 0 Å². The van der Waals surface area contributed by atoms with Gasteiger partial charge in [-0.15, -0.1) is 0 Å². The van der Waals surface area contributed by atoms with Crippen LogP contribution in [0.2, 0.25) is 0 Å². The number of aliphatic hydroxyl groups is 1. The van der Waals surface area contributed by atoms with E-state index in [2.05, 4.69) is 12.2 Å². The molecular weight excluding hydrogens is 238 g/mol. The molecular formula is C16H31NO2. The summed E-state index contributed by atoms with van der Waals surface area (Å²) in [5.41, 5.74) is -0.448. The van der Waals surface area contributed by atoms with Crippen molar-refractivity contribution in [2.24, 2.45) is 11.8 Å². The number of amides is 1. The van der Waals surface area contributed by atoms with E-state index in [0.717, 1.165) is 25.2 Å². The average molecular weight is 269 g/mol. The largest absolute Gasteiger partial charge is 0.394 e. The van der Waals surface area contributed by atoms with E-state index in [-0.39, 0.29) is 18.4 Å². The molecule has 19 heavy (non-hydrogen) atoms. The van der Waals surface area contributed by atoms with Gasteiger partial charge in [0.25, 0.3) is 0 Å². The summed E-state index contributed by atoms with van der Waals surface area (Å²) in [5, 5.41) is 12.4. The van der Waals surface area contributed by atoms with E-state index in [1.807, 2.05) is 13.8 Å². The molecule has 1 aliphatic carbocycles. The van der Waals surface area contributed by atoms with Crippen molar-refractivity contribution in [1.82, 2.24) is 5.32 Å². The zero-order valence-electron chi connectivity index (χ0n) is 12.9. The van der Waals surface area contributed by atoms with Crippen LogP contribution >= 0.6 is 0 Å². The predicted octanol–water partition coefficient (Wildman–Crippen LogP) is 3.26. The SMILES string of the molecule is CCCCC1CCC(C(=O)NC(C)(CC)CO)CC1. The van der Waals surface area contributed by atoms with Gasteiger partial charge in [0.15, 0.2) is 0 Å². The zero-order chi connectivity index (χ0) is 14.3. The van der Waals surface area contributed by atoms with Crippen molar-refractivity contribution in [3.05, 3.63) is 0 Å². The zero-order valence-corrected chi connectivity index (χ0v) is 12.9. The Hall–Kier alpha value is -0.570. The Bertz CT molecular complexity index is 266. The molecule has 1 saturated carbocycles. The fourth-order valence-electron chi connectivity index (χ4n) is 2.85. The van der Waals surface area contributed by atoms with Gasteiger partial charge in [0.05, 0.1) is 12.1 Å². The summed E-state index contributed by atoms with van der Waals surface area (Å²) in [6.45, 7) is 6.16. The van der Waals surface area contributed by atoms with Crippen LogP contribution in [0.4, 0.5) is 0 Å². The Morgan fingerprint density at radius 1 is 1.26 bits per heavy atom. The molecule has 1 amide bonds. The molecule has 1 fully saturated rings. The molecule has 0 heterocycles. The second kappa shape index (κ2) is 7.88. The van der Waals surface area contributed by atoms with E-state index in [1.165, 1.54) is 32.1 Å². The van der Waals surface area contributed by atoms with Crippen LogP contribution < -0.4 is 5.32 Å². The minimum absolute atomic E-state index is 0.0150. The number of carbonyl (C=O) groups is 1. The number of hydrogen-bond donors (Lipinski definition) is 2. The van der Waals surface area contributed by atoms with Gasteiger partial charge in [-0.2, -0.15) is 0 Å². The summed E-state index contributed by atoms with van der Waals surface area (Å²) in [5.74, 6) is 1.14. The Balaban J connectivity index is 2.36. The molecule has 0 aromatic carbocycles. The highest BCUT2D eigenvalue weighted by Crippen LogP contribution is 2.32. The third kappa shape index (κ3) is 5.13. The molecule has 112 valence electrons. The lowest BCUT2D eigenvalue weighted by Crippen LogP contribution is -2.50. The maximum atomic E-state index is 12.2. The lowest BCUT2D eigenvalue weighted by Gasteiger charge is -2.32. The van der Waals surface area contributed by atoms with Crippen molar-refractivity contribution in [3.63, 3.8) is 0 Å². The van der Waals surface area contributed by atoms with Crippen molar-refractivity contribution < 1.29 is 9.90 Å². The molecule has 0 bridgehead atoms. The van der Waals surface area contributed by atoms with E-state index in [0.29, 0.717) is 0 Å². The molecule has 0 saturated heterocycles. The van der Waals surface area contributed by atoms with Gasteiger partial charge in [-0.05, 0) is 44.9 Å². The van der Waals surface area contributed by atoms with Gasteiger partial charge >= 0.3 is 0 Å². The molecule has 0 spiro atoms. The molecule has 0 aromatic heterocycles. The predicted molar refractivity (Wildman–Crippen MR) is 78.9 cm³/mol. The van der Waals surface area contributed by atoms with Gasteiger partial charge in [0, 0.05) is 5.92 Å². The highest BCUT2D eigenvalue weighted by atomic mass is 16.3. The Morgan fingerprint density at radius 2 is 1.89 bits per heavy atom. The summed E-state index contributed by atoms with van der Waals surface area (Å²) in [4.78, 5) is 12.2. The third-order valence-corrected chi connectivity index (χ3v) is 4.74. The molecule has 1 atom stereocenters. The highest BCUT2D eigenvalue weighted by Gasteiger charge is 2.30. The van der Waals surface area contributed by atoms with E-state index >= 15 is 0 Å². The van der Waals surface area contributed by atoms with Crippen LogP contribution in [0.5, 0.6) is 0 Å². The molecule has 0 aromatic rings. The van der Waals surface area contributed by atoms with E-state index in [9.17, 15) is 9.90 Å². The van der Waals surface area contributed by atoms with Crippen LogP contribution in [0.25, 0.3) is 0 Å². The van der Waals surface area contributed by atoms with E-state index < -0.39 is 5.54 Å². The van der Waals surface area contributed by atoms with Gasteiger partial charge in [-0.1, -0.05) is 33.1 Å². The first kappa shape index (κ1) is 16.5. The summed E-state index contributed by atoms with van der Waals surface area (Å²) in [7, 11) is 0. The number of rotatable bonds is 7. The number of nitrogens with one attached hydrogen (secondary N) is 1. The van der Waals surface area contributed by atoms with Crippen LogP contribution in [0, 0.1) is 11.8 Å². The number of unbranched alkanes of at least 4 members (excludes halogenated alkanes) is 1. The van der Waals surface area contributed by atoms with Crippen LogP contribution in [0.3, 0.4) is 0 Å². The monoisotopic (exact) mass is 269 g/mol. The normalized spacial score (nSPS) is 26.7. The molecule has 0 aliphatic heterocycles. The highest BCUT2D eigenvalue weighted by molar-refractivity contribution is 5.79. The van der Waals surface area contributed by atoms with Gasteiger partial charge in [0.2, 0.25) is 5.91 Å². The minimum Gasteiger partial charge on any atom is -0.394 e. The van der Waals surface area contributed by atoms with E-state index in [1.54, 1.807) is 0 Å². The molecule has 3 nitrogen and oxygen atoms in total. The van der Waals surface area contributed by atoms with Crippen LogP contribution in [0.1, 0.15) is 72.1 Å². The van der Waals surface area contributed by atoms with Crippen molar-refractivity contribution in [3.8, 4) is 0 Å².